The van der Waals surface area contributed by atoms with Crippen molar-refractivity contribution in [2.24, 2.45) is 11.8 Å². The summed E-state index contributed by atoms with van der Waals surface area (Å²) in [5.41, 5.74) is -0.0188. The summed E-state index contributed by atoms with van der Waals surface area (Å²) in [6.07, 6.45) is 3.19. The van der Waals surface area contributed by atoms with E-state index < -0.39 is 12.6 Å². The molecule has 1 aliphatic rings. The zero-order valence-corrected chi connectivity index (χ0v) is 15.0. The van der Waals surface area contributed by atoms with E-state index in [2.05, 4.69) is 19.2 Å². The van der Waals surface area contributed by atoms with Gasteiger partial charge in [-0.3, -0.25) is 9.59 Å². The quantitative estimate of drug-likeness (QED) is 0.851. The van der Waals surface area contributed by atoms with E-state index >= 15 is 0 Å². The number of amides is 1. The summed E-state index contributed by atoms with van der Waals surface area (Å²) in [6.45, 7) is 3.92. The van der Waals surface area contributed by atoms with Gasteiger partial charge < -0.3 is 14.5 Å². The molecule has 1 aromatic heterocycles. The Morgan fingerprint density at radius 2 is 2.00 bits per heavy atom. The molecule has 1 heterocycles. The van der Waals surface area contributed by atoms with Gasteiger partial charge in [0.15, 0.2) is 12.0 Å². The van der Waals surface area contributed by atoms with Gasteiger partial charge in [-0.05, 0) is 30.4 Å². The Morgan fingerprint density at radius 1 is 1.23 bits per heavy atom. The van der Waals surface area contributed by atoms with Crippen LogP contribution in [-0.2, 0) is 9.53 Å². The lowest BCUT2D eigenvalue weighted by atomic mass is 9.78. The number of rotatable bonds is 4. The van der Waals surface area contributed by atoms with Gasteiger partial charge in [-0.25, -0.2) is 4.79 Å². The number of ether oxygens (including phenoxy) is 1. The number of fused-ring (bicyclic) bond motifs is 1. The number of hydrogen-bond donors (Lipinski definition) is 1. The molecule has 1 aliphatic carbocycles. The lowest BCUT2D eigenvalue weighted by Gasteiger charge is -2.34. The number of nitrogens with one attached hydrogen (secondary N) is 1. The molecule has 0 saturated heterocycles. The number of para-hydroxylation sites is 1. The van der Waals surface area contributed by atoms with Crippen molar-refractivity contribution < 1.29 is 18.7 Å². The average Bonchev–Trinajstić information content (AvgIpc) is 2.63. The van der Waals surface area contributed by atoms with Gasteiger partial charge in [0.05, 0.1) is 5.39 Å². The van der Waals surface area contributed by atoms with Gasteiger partial charge in [-0.1, -0.05) is 38.8 Å². The number of hydrogen-bond acceptors (Lipinski definition) is 5. The van der Waals surface area contributed by atoms with Crippen molar-refractivity contribution in [1.82, 2.24) is 5.32 Å². The Morgan fingerprint density at radius 3 is 2.81 bits per heavy atom. The molecule has 26 heavy (non-hydrogen) atoms. The summed E-state index contributed by atoms with van der Waals surface area (Å²) in [5, 5.41) is 3.33. The molecule has 1 fully saturated rings. The zero-order valence-electron chi connectivity index (χ0n) is 15.0. The highest BCUT2D eigenvalue weighted by molar-refractivity contribution is 5.90. The molecule has 3 atom stereocenters. The van der Waals surface area contributed by atoms with Crippen LogP contribution < -0.4 is 10.7 Å². The number of carbonyl (C=O) groups is 2. The molecule has 0 unspecified atom stereocenters. The maximum absolute atomic E-state index is 12.1. The van der Waals surface area contributed by atoms with Crippen LogP contribution in [0, 0.1) is 11.8 Å². The molecule has 0 spiro atoms. The third-order valence-corrected chi connectivity index (χ3v) is 5.22. The first-order valence-corrected chi connectivity index (χ1v) is 8.95. The molecule has 3 rings (SSSR count). The number of esters is 1. The van der Waals surface area contributed by atoms with Crippen LogP contribution in [0.25, 0.3) is 11.0 Å². The molecule has 6 heteroatoms. The van der Waals surface area contributed by atoms with E-state index in [0.717, 1.165) is 18.9 Å². The summed E-state index contributed by atoms with van der Waals surface area (Å²) in [4.78, 5) is 36.2. The summed E-state index contributed by atoms with van der Waals surface area (Å²) >= 11 is 0. The van der Waals surface area contributed by atoms with Gasteiger partial charge in [-0.15, -0.1) is 0 Å². The topological polar surface area (TPSA) is 85.6 Å². The van der Waals surface area contributed by atoms with E-state index in [1.54, 1.807) is 24.3 Å². The Bertz CT molecular complexity index is 872. The van der Waals surface area contributed by atoms with E-state index in [1.165, 1.54) is 6.42 Å². The first-order chi connectivity index (χ1) is 12.5. The van der Waals surface area contributed by atoms with Crippen LogP contribution in [0.3, 0.4) is 0 Å². The third-order valence-electron chi connectivity index (χ3n) is 5.22. The van der Waals surface area contributed by atoms with Crippen molar-refractivity contribution >= 4 is 22.8 Å². The molecule has 1 N–H and O–H groups in total. The fourth-order valence-corrected chi connectivity index (χ4v) is 3.44. The monoisotopic (exact) mass is 357 g/mol. The third kappa shape index (κ3) is 3.95. The smallest absolute Gasteiger partial charge is 0.374 e. The fraction of sp³-hybridized carbons (Fsp3) is 0.450. The van der Waals surface area contributed by atoms with Crippen LogP contribution in [0.2, 0.25) is 0 Å². The molecular formula is C20H23NO5. The van der Waals surface area contributed by atoms with Crippen LogP contribution in [0.15, 0.2) is 39.5 Å². The maximum atomic E-state index is 12.1. The molecule has 138 valence electrons. The average molecular weight is 357 g/mol. The second-order valence-corrected chi connectivity index (χ2v) is 6.99. The first-order valence-electron chi connectivity index (χ1n) is 8.95. The Balaban J connectivity index is 1.60. The summed E-state index contributed by atoms with van der Waals surface area (Å²) in [6, 6.07) is 7.84. The van der Waals surface area contributed by atoms with E-state index in [0.29, 0.717) is 22.8 Å². The lowest BCUT2D eigenvalue weighted by Crippen LogP contribution is -2.45. The SMILES string of the molecule is C[C@H]1[C@@H](C)CCC[C@H]1NC(=O)COC(=O)c1cc(=O)c2ccccc2o1. The van der Waals surface area contributed by atoms with E-state index in [-0.39, 0.29) is 23.1 Å². The predicted octanol–water partition coefficient (Wildman–Crippen LogP) is 2.89. The molecule has 1 amide bonds. The number of benzene rings is 1. The summed E-state index contributed by atoms with van der Waals surface area (Å²) < 4.78 is 10.4. The second-order valence-electron chi connectivity index (χ2n) is 6.99. The van der Waals surface area contributed by atoms with Crippen molar-refractivity contribution in [2.75, 3.05) is 6.61 Å². The van der Waals surface area contributed by atoms with E-state index in [9.17, 15) is 14.4 Å². The highest BCUT2D eigenvalue weighted by Gasteiger charge is 2.28. The minimum Gasteiger partial charge on any atom is -0.450 e. The Labute approximate surface area is 151 Å². The van der Waals surface area contributed by atoms with Crippen LogP contribution in [0.1, 0.15) is 43.7 Å². The van der Waals surface area contributed by atoms with Crippen molar-refractivity contribution in [3.8, 4) is 0 Å². The van der Waals surface area contributed by atoms with Crippen LogP contribution in [-0.4, -0.2) is 24.5 Å². The fourth-order valence-electron chi connectivity index (χ4n) is 3.44. The van der Waals surface area contributed by atoms with Crippen molar-refractivity contribution in [1.29, 1.82) is 0 Å². The largest absolute Gasteiger partial charge is 0.450 e. The van der Waals surface area contributed by atoms with Crippen molar-refractivity contribution in [3.63, 3.8) is 0 Å². The molecule has 1 aromatic carbocycles. The standard InChI is InChI=1S/C20H23NO5/c1-12-6-5-8-15(13(12)2)21-19(23)11-25-20(24)18-10-16(22)14-7-3-4-9-17(14)26-18/h3-4,7,9-10,12-13,15H,5-6,8,11H2,1-2H3,(H,21,23)/t12-,13-,15+/m0/s1. The van der Waals surface area contributed by atoms with Crippen LogP contribution >= 0.6 is 0 Å². The highest BCUT2D eigenvalue weighted by atomic mass is 16.5. The summed E-state index contributed by atoms with van der Waals surface area (Å²) in [5.74, 6) is -0.424. The maximum Gasteiger partial charge on any atom is 0.374 e. The Hall–Kier alpha value is -2.63. The predicted molar refractivity (Wildman–Crippen MR) is 96.9 cm³/mol. The van der Waals surface area contributed by atoms with Gasteiger partial charge in [-0.2, -0.15) is 0 Å². The summed E-state index contributed by atoms with van der Waals surface area (Å²) in [7, 11) is 0. The van der Waals surface area contributed by atoms with E-state index in [4.69, 9.17) is 9.15 Å². The van der Waals surface area contributed by atoms with Gasteiger partial charge in [0.25, 0.3) is 5.91 Å². The van der Waals surface area contributed by atoms with Gasteiger partial charge >= 0.3 is 5.97 Å². The minimum absolute atomic E-state index is 0.101. The highest BCUT2D eigenvalue weighted by Crippen LogP contribution is 2.29. The zero-order chi connectivity index (χ0) is 18.7. The van der Waals surface area contributed by atoms with Crippen LogP contribution in [0.4, 0.5) is 0 Å². The molecule has 0 aliphatic heterocycles. The molecule has 0 bridgehead atoms. The minimum atomic E-state index is -0.826. The van der Waals surface area contributed by atoms with Gasteiger partial charge in [0, 0.05) is 12.1 Å². The lowest BCUT2D eigenvalue weighted by molar-refractivity contribution is -0.125. The molecule has 2 aromatic rings. The normalized spacial score (nSPS) is 22.8. The van der Waals surface area contributed by atoms with Crippen LogP contribution in [0.5, 0.6) is 0 Å². The molecule has 1 saturated carbocycles. The molecule has 6 nitrogen and oxygen atoms in total. The second kappa shape index (κ2) is 7.72. The van der Waals surface area contributed by atoms with Crippen molar-refractivity contribution in [2.45, 2.75) is 39.2 Å². The first kappa shape index (κ1) is 18.2. The molecular weight excluding hydrogens is 334 g/mol. The van der Waals surface area contributed by atoms with Gasteiger partial charge in [0.1, 0.15) is 5.58 Å². The number of carbonyl (C=O) groups excluding carboxylic acids is 2. The van der Waals surface area contributed by atoms with E-state index in [1.807, 2.05) is 0 Å². The van der Waals surface area contributed by atoms with Gasteiger partial charge in [0.2, 0.25) is 5.76 Å². The van der Waals surface area contributed by atoms with Crippen molar-refractivity contribution in [3.05, 3.63) is 46.3 Å². The Kier molecular flexibility index (Phi) is 5.40. The molecule has 0 radical (unpaired) electrons.